The minimum Gasteiger partial charge on any atom is -0.497 e. The van der Waals surface area contributed by atoms with Gasteiger partial charge in [-0.05, 0) is 72.1 Å². The number of hydrogen-bond acceptors (Lipinski definition) is 9. The Morgan fingerprint density at radius 3 is 2.41 bits per heavy atom. The van der Waals surface area contributed by atoms with Crippen molar-refractivity contribution in [1.82, 2.24) is 19.6 Å². The Balaban J connectivity index is 1.29. The molecule has 2 aliphatic rings. The van der Waals surface area contributed by atoms with Crippen molar-refractivity contribution in [3.63, 3.8) is 0 Å². The van der Waals surface area contributed by atoms with Gasteiger partial charge in [0.25, 0.3) is 11.5 Å². The van der Waals surface area contributed by atoms with Crippen molar-refractivity contribution >= 4 is 24.9 Å². The number of pyridine rings is 1. The van der Waals surface area contributed by atoms with Crippen LogP contribution in [0.5, 0.6) is 17.2 Å². The number of benzene rings is 3. The molecule has 7 rings (SSSR count). The third kappa shape index (κ3) is 6.39. The largest absolute Gasteiger partial charge is 0.497 e. The predicted octanol–water partition coefficient (Wildman–Crippen LogP) is 4.84. The number of carbonyl (C=O) groups is 1. The number of nitrogens with zero attached hydrogens (tertiary/aromatic N) is 5. The number of hydrogen-bond donors (Lipinski definition) is 1. The summed E-state index contributed by atoms with van der Waals surface area (Å²) in [7, 11) is 2.39. The monoisotopic (exact) mass is 749 g/mol. The number of methoxy groups -OCH3 is 3. The van der Waals surface area contributed by atoms with Gasteiger partial charge in [-0.2, -0.15) is 0 Å². The van der Waals surface area contributed by atoms with Crippen LogP contribution in [0.1, 0.15) is 30.2 Å². The van der Waals surface area contributed by atoms with Crippen molar-refractivity contribution in [1.29, 1.82) is 0 Å². The Morgan fingerprint density at radius 1 is 0.926 bits per heavy atom. The first-order valence-electron chi connectivity index (χ1n) is 18.2. The lowest BCUT2D eigenvalue weighted by atomic mass is 9.82. The second kappa shape index (κ2) is 14.9. The highest BCUT2D eigenvalue weighted by molar-refractivity contribution is 6.91. The van der Waals surface area contributed by atoms with Gasteiger partial charge in [0.1, 0.15) is 11.5 Å². The van der Waals surface area contributed by atoms with Crippen LogP contribution >= 0.6 is 0 Å². The molecule has 282 valence electrons. The zero-order valence-electron chi connectivity index (χ0n) is 31.6. The first kappa shape index (κ1) is 37.1. The van der Waals surface area contributed by atoms with Crippen LogP contribution in [-0.2, 0) is 34.6 Å². The number of rotatable bonds is 13. The van der Waals surface area contributed by atoms with Gasteiger partial charge in [-0.1, -0.05) is 54.7 Å². The number of aryl methyl sites for hydroxylation is 1. The Labute approximate surface area is 315 Å². The average Bonchev–Trinajstić information content (AvgIpc) is 3.83. The van der Waals surface area contributed by atoms with Crippen LogP contribution in [0.25, 0.3) is 5.69 Å². The molecule has 1 spiro atoms. The number of carbonyl (C=O) groups excluding carboxylic acids is 1. The molecule has 2 aromatic heterocycles. The predicted molar refractivity (Wildman–Crippen MR) is 208 cm³/mol. The van der Waals surface area contributed by atoms with Gasteiger partial charge in [0.2, 0.25) is 0 Å². The smallest absolute Gasteiger partial charge is 0.297 e. The first-order chi connectivity index (χ1) is 26.0. The number of fused-ring (bicyclic) bond motifs is 2. The van der Waals surface area contributed by atoms with Gasteiger partial charge >= 0.3 is 0 Å². The summed E-state index contributed by atoms with van der Waals surface area (Å²) in [5, 5.41) is 19.2. The molecule has 1 amide bonds. The Hall–Kier alpha value is -5.24. The van der Waals surface area contributed by atoms with Crippen LogP contribution in [0.3, 0.4) is 0 Å². The molecule has 1 fully saturated rings. The highest BCUT2D eigenvalue weighted by Crippen LogP contribution is 2.60. The van der Waals surface area contributed by atoms with E-state index in [0.717, 1.165) is 28.3 Å². The van der Waals surface area contributed by atoms with E-state index in [1.807, 2.05) is 65.7 Å². The molecule has 12 nitrogen and oxygen atoms in total. The lowest BCUT2D eigenvalue weighted by Crippen LogP contribution is -2.51. The zero-order valence-corrected chi connectivity index (χ0v) is 32.6. The van der Waals surface area contributed by atoms with E-state index >= 15 is 4.79 Å². The van der Waals surface area contributed by atoms with Crippen LogP contribution in [0.2, 0.25) is 18.6 Å². The number of aromatic nitrogens is 4. The van der Waals surface area contributed by atoms with E-state index in [9.17, 15) is 9.90 Å². The maximum absolute atomic E-state index is 15.3. The molecule has 3 aromatic carbocycles. The summed E-state index contributed by atoms with van der Waals surface area (Å²) < 4.78 is 27.2. The third-order valence-electron chi connectivity index (χ3n) is 11.3. The van der Waals surface area contributed by atoms with E-state index in [1.54, 1.807) is 41.8 Å². The molecule has 0 unspecified atom stereocenters. The molecule has 4 heterocycles. The summed E-state index contributed by atoms with van der Waals surface area (Å²) in [6.07, 6.45) is 4.32. The van der Waals surface area contributed by atoms with E-state index in [-0.39, 0.29) is 47.9 Å². The minimum absolute atomic E-state index is 0.000510. The molecular formula is C41H47N5O7Si. The summed E-state index contributed by atoms with van der Waals surface area (Å²) in [4.78, 5) is 30.2. The fourth-order valence-corrected chi connectivity index (χ4v) is 12.7. The maximum atomic E-state index is 15.3. The average molecular weight is 750 g/mol. The lowest BCUT2D eigenvalue weighted by Gasteiger charge is -2.37. The number of aliphatic hydroxyl groups is 1. The highest BCUT2D eigenvalue weighted by Gasteiger charge is 2.66. The third-order valence-corrected chi connectivity index (χ3v) is 15.7. The molecule has 0 aliphatic carbocycles. The van der Waals surface area contributed by atoms with Gasteiger partial charge in [-0.15, -0.1) is 5.10 Å². The maximum Gasteiger partial charge on any atom is 0.297 e. The van der Waals surface area contributed by atoms with E-state index in [2.05, 4.69) is 42.5 Å². The lowest BCUT2D eigenvalue weighted by molar-refractivity contribution is -0.146. The van der Waals surface area contributed by atoms with Crippen LogP contribution in [-0.4, -0.2) is 72.7 Å². The van der Waals surface area contributed by atoms with Crippen LogP contribution in [0, 0.1) is 5.92 Å². The molecular weight excluding hydrogens is 703 g/mol. The fraction of sp³-hybridized carbons (Fsp3) is 0.366. The number of ether oxygens (including phenoxy) is 4. The molecule has 4 atom stereocenters. The second-order valence-corrected chi connectivity index (χ2v) is 19.3. The quantitative estimate of drug-likeness (QED) is 0.168. The van der Waals surface area contributed by atoms with Gasteiger partial charge in [0, 0.05) is 49.1 Å². The number of aliphatic hydroxyl groups excluding tert-OH is 1. The summed E-state index contributed by atoms with van der Waals surface area (Å²) in [5.74, 6) is 1.34. The van der Waals surface area contributed by atoms with Crippen molar-refractivity contribution in [2.45, 2.75) is 63.2 Å². The Kier molecular flexibility index (Phi) is 10.2. The molecule has 0 saturated carbocycles. The summed E-state index contributed by atoms with van der Waals surface area (Å²) in [6, 6.07) is 25.1. The van der Waals surface area contributed by atoms with Crippen LogP contribution in [0.4, 0.5) is 5.69 Å². The molecule has 1 saturated heterocycles. The highest BCUT2D eigenvalue weighted by atomic mass is 28.3. The van der Waals surface area contributed by atoms with Crippen molar-refractivity contribution in [2.24, 2.45) is 5.92 Å². The SMILES string of the molecule is COc1ccc([Si](C)(C)[C@H]2[C@H](CCn3cc(CCO)nn3)O[C@@]3(C(=O)N(Cc4cccc(-n5cccc(OC)c5=O)c4)c4ccc(OC)cc43)[C@@H]2C)cc1. The van der Waals surface area contributed by atoms with Crippen LogP contribution < -0.4 is 29.9 Å². The number of anilines is 1. The van der Waals surface area contributed by atoms with Crippen molar-refractivity contribution in [3.8, 4) is 22.9 Å². The van der Waals surface area contributed by atoms with Crippen molar-refractivity contribution in [2.75, 3.05) is 32.8 Å². The molecule has 0 radical (unpaired) electrons. The topological polar surface area (TPSA) is 130 Å². The van der Waals surface area contributed by atoms with Gasteiger partial charge in [-0.3, -0.25) is 18.8 Å². The minimum atomic E-state index is -2.38. The van der Waals surface area contributed by atoms with Gasteiger partial charge in [0.15, 0.2) is 11.4 Å². The van der Waals surface area contributed by atoms with Gasteiger partial charge in [0.05, 0.1) is 53.4 Å². The fourth-order valence-electron chi connectivity index (χ4n) is 8.60. The van der Waals surface area contributed by atoms with Crippen molar-refractivity contribution in [3.05, 3.63) is 118 Å². The molecule has 0 bridgehead atoms. The Bertz CT molecular complexity index is 2200. The number of amides is 1. The molecule has 5 aromatic rings. The van der Waals surface area contributed by atoms with Crippen molar-refractivity contribution < 1.29 is 28.8 Å². The summed E-state index contributed by atoms with van der Waals surface area (Å²) in [6.45, 7) is 7.68. The summed E-state index contributed by atoms with van der Waals surface area (Å²) >= 11 is 0. The van der Waals surface area contributed by atoms with Crippen LogP contribution in [0.15, 0.2) is 96.1 Å². The molecule has 2 aliphatic heterocycles. The normalized spacial score (nSPS) is 20.8. The Morgan fingerprint density at radius 2 is 1.69 bits per heavy atom. The van der Waals surface area contributed by atoms with E-state index in [0.29, 0.717) is 30.8 Å². The molecule has 13 heteroatoms. The van der Waals surface area contributed by atoms with E-state index < -0.39 is 13.7 Å². The van der Waals surface area contributed by atoms with E-state index in [4.69, 9.17) is 18.9 Å². The van der Waals surface area contributed by atoms with Gasteiger partial charge < -0.3 is 29.0 Å². The molecule has 54 heavy (non-hydrogen) atoms. The zero-order chi connectivity index (χ0) is 38.2. The second-order valence-electron chi connectivity index (χ2n) is 14.6. The summed E-state index contributed by atoms with van der Waals surface area (Å²) in [5.41, 5.74) is 2.28. The first-order valence-corrected chi connectivity index (χ1v) is 21.3. The standard InChI is InChI=1S/C41H47N5O7Si/c1-27-38(54(5,6)33-15-12-31(50-2)13-16-33)36(18-21-44-26-29(19-22-47)42-43-44)53-41(27)34-24-32(51-3)14-17-35(34)46(40(41)49)25-28-9-7-10-30(23-28)45-20-8-11-37(52-4)39(45)48/h7-17,20,23-24,26-27,36,38,47H,18-19,21-22,25H2,1-6H3/t27-,36+,38-,41+/m1/s1. The molecule has 1 N–H and O–H groups in total. The van der Waals surface area contributed by atoms with Gasteiger partial charge in [-0.25, -0.2) is 0 Å². The van der Waals surface area contributed by atoms with E-state index in [1.165, 1.54) is 12.3 Å².